The van der Waals surface area contributed by atoms with Crippen LogP contribution in [-0.4, -0.2) is 14.8 Å². The van der Waals surface area contributed by atoms with E-state index < -0.39 is 0 Å². The summed E-state index contributed by atoms with van der Waals surface area (Å²) in [5.74, 6) is 1.60. The Labute approximate surface area is 238 Å². The maximum Gasteiger partial charge on any atom is 0.168 e. The van der Waals surface area contributed by atoms with E-state index >= 15 is 0 Å². The van der Waals surface area contributed by atoms with Crippen molar-refractivity contribution in [2.24, 2.45) is 0 Å². The Hall–Kier alpha value is -4.00. The first-order valence-electron chi connectivity index (χ1n) is 12.2. The maximum absolute atomic E-state index is 4.60. The summed E-state index contributed by atoms with van der Waals surface area (Å²) in [5, 5.41) is 9.20. The third-order valence-corrected chi connectivity index (χ3v) is 7.32. The van der Waals surface area contributed by atoms with Crippen LogP contribution in [0.15, 0.2) is 142 Å². The predicted molar refractivity (Wildman–Crippen MR) is 162 cm³/mol. The van der Waals surface area contributed by atoms with Crippen LogP contribution in [0.4, 0.5) is 17.1 Å². The second-order valence-corrected chi connectivity index (χ2v) is 10.6. The minimum Gasteiger partial charge on any atom is -0.311 e. The van der Waals surface area contributed by atoms with Gasteiger partial charge in [0.25, 0.3) is 0 Å². The first kappa shape index (κ1) is 24.3. The summed E-state index contributed by atoms with van der Waals surface area (Å²) in [7, 11) is 0. The highest BCUT2D eigenvalue weighted by atomic mass is 79.9. The average molecular weight is 622 g/mol. The molecule has 6 rings (SSSR count). The van der Waals surface area contributed by atoms with Crippen molar-refractivity contribution in [3.63, 3.8) is 0 Å². The number of nitrogens with zero attached hydrogens (tertiary/aromatic N) is 4. The van der Waals surface area contributed by atoms with Crippen LogP contribution < -0.4 is 4.90 Å². The van der Waals surface area contributed by atoms with Crippen LogP contribution in [-0.2, 0) is 0 Å². The number of halogens is 2. The predicted octanol–water partition coefficient (Wildman–Crippen LogP) is 9.60. The Kier molecular flexibility index (Phi) is 6.90. The lowest BCUT2D eigenvalue weighted by Crippen LogP contribution is -2.10. The van der Waals surface area contributed by atoms with Crippen molar-refractivity contribution in [3.8, 4) is 28.5 Å². The van der Waals surface area contributed by atoms with E-state index in [2.05, 4.69) is 149 Å². The molecule has 0 fully saturated rings. The average Bonchev–Trinajstić information content (AvgIpc) is 3.42. The highest BCUT2D eigenvalue weighted by Gasteiger charge is 2.18. The summed E-state index contributed by atoms with van der Waals surface area (Å²) in [5.41, 5.74) is 6.21. The SMILES string of the molecule is Brc1ccc(N(c2ccc(Br)cc2)c2ccc(-n3c(-c4ccccc4)nnc3-c3ccccc3)cc2)cc1. The third-order valence-electron chi connectivity index (χ3n) is 6.26. The molecule has 38 heavy (non-hydrogen) atoms. The maximum atomic E-state index is 4.60. The molecule has 0 unspecified atom stereocenters. The molecule has 0 atom stereocenters. The zero-order valence-corrected chi connectivity index (χ0v) is 23.4. The summed E-state index contributed by atoms with van der Waals surface area (Å²) >= 11 is 7.12. The molecule has 4 nitrogen and oxygen atoms in total. The highest BCUT2D eigenvalue weighted by Crippen LogP contribution is 2.37. The fraction of sp³-hybridized carbons (Fsp3) is 0. The van der Waals surface area contributed by atoms with Gasteiger partial charge >= 0.3 is 0 Å². The Morgan fingerprint density at radius 3 is 1.21 bits per heavy atom. The van der Waals surface area contributed by atoms with Crippen LogP contribution in [0.25, 0.3) is 28.5 Å². The lowest BCUT2D eigenvalue weighted by atomic mass is 10.1. The Morgan fingerprint density at radius 2 is 0.816 bits per heavy atom. The number of benzene rings is 5. The lowest BCUT2D eigenvalue weighted by molar-refractivity contribution is 1.07. The van der Waals surface area contributed by atoms with Gasteiger partial charge in [-0.2, -0.15) is 0 Å². The van der Waals surface area contributed by atoms with Gasteiger partial charge in [0.2, 0.25) is 0 Å². The van der Waals surface area contributed by atoms with Crippen molar-refractivity contribution in [3.05, 3.63) is 142 Å². The number of hydrogen-bond donors (Lipinski definition) is 0. The van der Waals surface area contributed by atoms with Gasteiger partial charge in [0.1, 0.15) is 0 Å². The molecule has 0 saturated heterocycles. The van der Waals surface area contributed by atoms with Gasteiger partial charge in [-0.25, -0.2) is 0 Å². The fourth-order valence-corrected chi connectivity index (χ4v) is 4.98. The van der Waals surface area contributed by atoms with Crippen molar-refractivity contribution in [2.75, 3.05) is 4.90 Å². The van der Waals surface area contributed by atoms with Gasteiger partial charge in [0.05, 0.1) is 0 Å². The Morgan fingerprint density at radius 1 is 0.447 bits per heavy atom. The van der Waals surface area contributed by atoms with Gasteiger partial charge < -0.3 is 4.90 Å². The molecule has 5 aromatic carbocycles. The molecule has 0 spiro atoms. The fourth-order valence-electron chi connectivity index (χ4n) is 4.46. The van der Waals surface area contributed by atoms with Crippen molar-refractivity contribution < 1.29 is 0 Å². The highest BCUT2D eigenvalue weighted by molar-refractivity contribution is 9.10. The summed E-state index contributed by atoms with van der Waals surface area (Å²) < 4.78 is 4.21. The van der Waals surface area contributed by atoms with E-state index in [4.69, 9.17) is 0 Å². The van der Waals surface area contributed by atoms with Gasteiger partial charge in [-0.1, -0.05) is 92.5 Å². The first-order chi connectivity index (χ1) is 18.7. The molecule has 184 valence electrons. The van der Waals surface area contributed by atoms with Crippen LogP contribution in [0.3, 0.4) is 0 Å². The van der Waals surface area contributed by atoms with E-state index in [1.165, 1.54) is 0 Å². The lowest BCUT2D eigenvalue weighted by Gasteiger charge is -2.26. The van der Waals surface area contributed by atoms with Crippen molar-refractivity contribution in [1.29, 1.82) is 0 Å². The van der Waals surface area contributed by atoms with Crippen LogP contribution >= 0.6 is 31.9 Å². The van der Waals surface area contributed by atoms with Crippen LogP contribution in [0, 0.1) is 0 Å². The third kappa shape index (κ3) is 4.93. The summed E-state index contributed by atoms with van der Waals surface area (Å²) in [6.07, 6.45) is 0. The molecule has 1 aromatic heterocycles. The molecule has 6 heteroatoms. The number of hydrogen-bond acceptors (Lipinski definition) is 3. The second kappa shape index (κ2) is 10.8. The van der Waals surface area contributed by atoms with E-state index in [0.717, 1.165) is 54.5 Å². The molecule has 0 N–H and O–H groups in total. The van der Waals surface area contributed by atoms with E-state index in [-0.39, 0.29) is 0 Å². The molecule has 0 aliphatic heterocycles. The first-order valence-corrected chi connectivity index (χ1v) is 13.7. The smallest absolute Gasteiger partial charge is 0.168 e. The summed E-state index contributed by atoms with van der Waals surface area (Å²) in [6, 6.07) is 45.6. The zero-order valence-electron chi connectivity index (χ0n) is 20.2. The molecule has 0 saturated carbocycles. The van der Waals surface area contributed by atoms with Gasteiger partial charge in [0, 0.05) is 42.8 Å². The van der Waals surface area contributed by atoms with Gasteiger partial charge in [0.15, 0.2) is 11.6 Å². The summed E-state index contributed by atoms with van der Waals surface area (Å²) in [6.45, 7) is 0. The number of anilines is 3. The number of aromatic nitrogens is 3. The van der Waals surface area contributed by atoms with E-state index in [0.29, 0.717) is 0 Å². The van der Waals surface area contributed by atoms with E-state index in [1.54, 1.807) is 0 Å². The summed E-state index contributed by atoms with van der Waals surface area (Å²) in [4.78, 5) is 2.24. The standard InChI is InChI=1S/C32H22Br2N4/c33-25-11-15-27(16-12-25)37(28-17-13-26(34)14-18-28)29-19-21-30(22-20-29)38-31(23-7-3-1-4-8-23)35-36-32(38)24-9-5-2-6-10-24/h1-22H. The van der Waals surface area contributed by atoms with Gasteiger partial charge in [-0.05, 0) is 72.8 Å². The second-order valence-electron chi connectivity index (χ2n) is 8.72. The topological polar surface area (TPSA) is 34.0 Å². The molecule has 0 aliphatic rings. The van der Waals surface area contributed by atoms with Crippen LogP contribution in [0.1, 0.15) is 0 Å². The molecular weight excluding hydrogens is 600 g/mol. The van der Waals surface area contributed by atoms with Crippen molar-refractivity contribution in [1.82, 2.24) is 14.8 Å². The molecular formula is C32H22Br2N4. The van der Waals surface area contributed by atoms with Crippen molar-refractivity contribution >= 4 is 48.9 Å². The van der Waals surface area contributed by atoms with Crippen LogP contribution in [0.5, 0.6) is 0 Å². The van der Waals surface area contributed by atoms with E-state index in [9.17, 15) is 0 Å². The monoisotopic (exact) mass is 620 g/mol. The molecule has 0 radical (unpaired) electrons. The largest absolute Gasteiger partial charge is 0.311 e. The minimum atomic E-state index is 0.801. The van der Waals surface area contributed by atoms with E-state index in [1.807, 2.05) is 36.4 Å². The molecule has 1 heterocycles. The Bertz CT molecular complexity index is 1540. The normalized spacial score (nSPS) is 10.9. The zero-order chi connectivity index (χ0) is 25.9. The van der Waals surface area contributed by atoms with Gasteiger partial charge in [-0.15, -0.1) is 10.2 Å². The number of rotatable bonds is 6. The minimum absolute atomic E-state index is 0.801. The molecule has 0 aliphatic carbocycles. The quantitative estimate of drug-likeness (QED) is 0.186. The van der Waals surface area contributed by atoms with Crippen molar-refractivity contribution in [2.45, 2.75) is 0 Å². The molecule has 6 aromatic rings. The Balaban J connectivity index is 1.47. The van der Waals surface area contributed by atoms with Crippen LogP contribution in [0.2, 0.25) is 0 Å². The van der Waals surface area contributed by atoms with Gasteiger partial charge in [-0.3, -0.25) is 4.57 Å². The molecule has 0 amide bonds. The molecule has 0 bridgehead atoms.